The predicted octanol–water partition coefficient (Wildman–Crippen LogP) is 3.35. The molecule has 0 unspecified atom stereocenters. The molecule has 2 N–H and O–H groups in total. The average molecular weight is 345 g/mol. The van der Waals surface area contributed by atoms with Crippen LogP contribution in [0.5, 0.6) is 5.75 Å². The van der Waals surface area contributed by atoms with E-state index < -0.39 is 0 Å². The number of para-hydroxylation sites is 2. The molecule has 0 radical (unpaired) electrons. The summed E-state index contributed by atoms with van der Waals surface area (Å²) in [6.07, 6.45) is 0. The summed E-state index contributed by atoms with van der Waals surface area (Å²) in [6.45, 7) is 0. The summed E-state index contributed by atoms with van der Waals surface area (Å²) >= 11 is 0. The van der Waals surface area contributed by atoms with Crippen LogP contribution in [0.25, 0.3) is 0 Å². The lowest BCUT2D eigenvalue weighted by Gasteiger charge is -2.09. The molecule has 3 rings (SSSR count). The number of nitrogens with one attached hydrogen (secondary N) is 2. The molecule has 1 heterocycles. The molecule has 26 heavy (non-hydrogen) atoms. The number of rotatable bonds is 5. The Morgan fingerprint density at radius 2 is 1.69 bits per heavy atom. The first-order chi connectivity index (χ1) is 12.7. The van der Waals surface area contributed by atoms with Crippen LogP contribution in [0.1, 0.15) is 15.9 Å². The highest BCUT2D eigenvalue weighted by Gasteiger charge is 2.12. The van der Waals surface area contributed by atoms with Crippen molar-refractivity contribution in [3.05, 3.63) is 71.8 Å². The van der Waals surface area contributed by atoms with E-state index in [1.807, 2.05) is 6.07 Å². The van der Waals surface area contributed by atoms with Crippen molar-refractivity contribution in [1.82, 2.24) is 10.2 Å². The largest absolute Gasteiger partial charge is 0.496 e. The van der Waals surface area contributed by atoms with Crippen molar-refractivity contribution < 1.29 is 9.53 Å². The molecule has 2 aromatic carbocycles. The highest BCUT2D eigenvalue weighted by atomic mass is 16.5. The van der Waals surface area contributed by atoms with E-state index >= 15 is 0 Å². The predicted molar refractivity (Wildman–Crippen MR) is 97.4 cm³/mol. The van der Waals surface area contributed by atoms with Crippen LogP contribution in [-0.4, -0.2) is 23.2 Å². The topological polar surface area (TPSA) is 99.9 Å². The van der Waals surface area contributed by atoms with Crippen molar-refractivity contribution in [2.24, 2.45) is 0 Å². The third-order valence-corrected chi connectivity index (χ3v) is 3.57. The van der Waals surface area contributed by atoms with Crippen molar-refractivity contribution in [3.8, 4) is 11.8 Å². The van der Waals surface area contributed by atoms with Crippen molar-refractivity contribution in [1.29, 1.82) is 5.26 Å². The lowest BCUT2D eigenvalue weighted by molar-refractivity contribution is 0.102. The Balaban J connectivity index is 1.72. The van der Waals surface area contributed by atoms with Gasteiger partial charge in [-0.2, -0.15) is 5.26 Å². The molecule has 3 aromatic rings. The maximum absolute atomic E-state index is 12.3. The van der Waals surface area contributed by atoms with Gasteiger partial charge in [-0.25, -0.2) is 0 Å². The number of nitriles is 1. The fourth-order valence-electron chi connectivity index (χ4n) is 2.31. The van der Waals surface area contributed by atoms with Crippen LogP contribution >= 0.6 is 0 Å². The quantitative estimate of drug-likeness (QED) is 0.735. The van der Waals surface area contributed by atoms with Crippen LogP contribution < -0.4 is 15.4 Å². The first-order valence-electron chi connectivity index (χ1n) is 7.75. The number of carbonyl (C=O) groups excluding carboxylic acids is 1. The van der Waals surface area contributed by atoms with Gasteiger partial charge in [-0.05, 0) is 36.4 Å². The molecule has 0 saturated carbocycles. The Hall–Kier alpha value is -3.92. The number of ether oxygens (including phenoxy) is 1. The minimum atomic E-state index is -0.340. The summed E-state index contributed by atoms with van der Waals surface area (Å²) in [4.78, 5) is 12.3. The SMILES string of the molecule is COc1ccccc1C(=O)Nc1ccc(Nc2ccccc2C#N)nn1. The second kappa shape index (κ2) is 7.77. The van der Waals surface area contributed by atoms with E-state index in [4.69, 9.17) is 10.00 Å². The number of nitrogens with zero attached hydrogens (tertiary/aromatic N) is 3. The van der Waals surface area contributed by atoms with Gasteiger partial charge in [0.2, 0.25) is 0 Å². The fraction of sp³-hybridized carbons (Fsp3) is 0.0526. The molecule has 0 spiro atoms. The number of anilines is 3. The lowest BCUT2D eigenvalue weighted by atomic mass is 10.2. The van der Waals surface area contributed by atoms with Gasteiger partial charge in [0, 0.05) is 0 Å². The van der Waals surface area contributed by atoms with Gasteiger partial charge < -0.3 is 15.4 Å². The van der Waals surface area contributed by atoms with E-state index in [1.54, 1.807) is 54.6 Å². The molecular weight excluding hydrogens is 330 g/mol. The van der Waals surface area contributed by atoms with E-state index in [1.165, 1.54) is 7.11 Å². The Morgan fingerprint density at radius 1 is 1.00 bits per heavy atom. The summed E-state index contributed by atoms with van der Waals surface area (Å²) in [6, 6.07) is 19.4. The number of hydrogen-bond acceptors (Lipinski definition) is 6. The van der Waals surface area contributed by atoms with Gasteiger partial charge in [0.1, 0.15) is 11.8 Å². The number of amides is 1. The van der Waals surface area contributed by atoms with Crippen molar-refractivity contribution in [2.45, 2.75) is 0 Å². The van der Waals surface area contributed by atoms with Gasteiger partial charge in [0.25, 0.3) is 5.91 Å². The van der Waals surface area contributed by atoms with Crippen molar-refractivity contribution in [2.75, 3.05) is 17.7 Å². The molecule has 1 aromatic heterocycles. The lowest BCUT2D eigenvalue weighted by Crippen LogP contribution is -2.14. The molecule has 0 saturated heterocycles. The molecule has 0 atom stereocenters. The first kappa shape index (κ1) is 16.9. The number of aromatic nitrogens is 2. The average Bonchev–Trinajstić information content (AvgIpc) is 2.69. The van der Waals surface area contributed by atoms with Gasteiger partial charge in [-0.15, -0.1) is 10.2 Å². The minimum Gasteiger partial charge on any atom is -0.496 e. The zero-order valence-electron chi connectivity index (χ0n) is 13.9. The summed E-state index contributed by atoms with van der Waals surface area (Å²) < 4.78 is 5.18. The molecule has 1 amide bonds. The highest BCUT2D eigenvalue weighted by Crippen LogP contribution is 2.20. The monoisotopic (exact) mass is 345 g/mol. The summed E-state index contributed by atoms with van der Waals surface area (Å²) in [5.74, 6) is 0.902. The van der Waals surface area contributed by atoms with Crippen molar-refractivity contribution >= 4 is 23.2 Å². The van der Waals surface area contributed by atoms with Crippen LogP contribution in [-0.2, 0) is 0 Å². The Bertz CT molecular complexity index is 964. The molecule has 128 valence electrons. The third kappa shape index (κ3) is 3.76. The van der Waals surface area contributed by atoms with E-state index in [-0.39, 0.29) is 5.91 Å². The van der Waals surface area contributed by atoms with Gasteiger partial charge >= 0.3 is 0 Å². The molecule has 0 aliphatic rings. The van der Waals surface area contributed by atoms with Gasteiger partial charge in [-0.1, -0.05) is 24.3 Å². The molecule has 7 nitrogen and oxygen atoms in total. The summed E-state index contributed by atoms with van der Waals surface area (Å²) in [7, 11) is 1.51. The van der Waals surface area contributed by atoms with E-state index in [2.05, 4.69) is 26.9 Å². The number of hydrogen-bond donors (Lipinski definition) is 2. The standard InChI is InChI=1S/C19H15N5O2/c1-26-16-9-5-3-7-14(16)19(25)22-18-11-10-17(23-24-18)21-15-8-4-2-6-13(15)12-20/h2-11H,1H3,(H,21,23)(H,22,24,25). The fourth-order valence-corrected chi connectivity index (χ4v) is 2.31. The van der Waals surface area contributed by atoms with Gasteiger partial charge in [0.05, 0.1) is 23.9 Å². The molecular formula is C19H15N5O2. The van der Waals surface area contributed by atoms with Crippen LogP contribution in [0.4, 0.5) is 17.3 Å². The van der Waals surface area contributed by atoms with E-state index in [0.717, 1.165) is 0 Å². The van der Waals surface area contributed by atoms with Gasteiger partial charge in [-0.3, -0.25) is 4.79 Å². The molecule has 0 fully saturated rings. The maximum atomic E-state index is 12.3. The number of carbonyl (C=O) groups is 1. The summed E-state index contributed by atoms with van der Waals surface area (Å²) in [5, 5.41) is 22.8. The van der Waals surface area contributed by atoms with Crippen LogP contribution in [0.15, 0.2) is 60.7 Å². The van der Waals surface area contributed by atoms with Gasteiger partial charge in [0.15, 0.2) is 11.6 Å². The molecule has 0 bridgehead atoms. The second-order valence-electron chi connectivity index (χ2n) is 5.24. The first-order valence-corrected chi connectivity index (χ1v) is 7.75. The summed E-state index contributed by atoms with van der Waals surface area (Å²) in [5.41, 5.74) is 1.54. The Labute approximate surface area is 150 Å². The van der Waals surface area contributed by atoms with Crippen molar-refractivity contribution in [3.63, 3.8) is 0 Å². The zero-order valence-corrected chi connectivity index (χ0v) is 13.9. The molecule has 7 heteroatoms. The third-order valence-electron chi connectivity index (χ3n) is 3.57. The maximum Gasteiger partial charge on any atom is 0.260 e. The normalized spacial score (nSPS) is 9.85. The zero-order chi connectivity index (χ0) is 18.4. The van der Waals surface area contributed by atoms with E-state index in [0.29, 0.717) is 34.2 Å². The van der Waals surface area contributed by atoms with Crippen LogP contribution in [0.2, 0.25) is 0 Å². The van der Waals surface area contributed by atoms with E-state index in [9.17, 15) is 4.79 Å². The number of methoxy groups -OCH3 is 1. The molecule has 0 aliphatic carbocycles. The Morgan fingerprint density at radius 3 is 2.42 bits per heavy atom. The molecule has 0 aliphatic heterocycles. The second-order valence-corrected chi connectivity index (χ2v) is 5.24. The minimum absolute atomic E-state index is 0.306. The number of benzene rings is 2. The van der Waals surface area contributed by atoms with Crippen LogP contribution in [0, 0.1) is 11.3 Å². The Kier molecular flexibility index (Phi) is 5.05. The highest BCUT2D eigenvalue weighted by molar-refractivity contribution is 6.05. The van der Waals surface area contributed by atoms with Crippen LogP contribution in [0.3, 0.4) is 0 Å². The smallest absolute Gasteiger partial charge is 0.260 e.